The second-order valence-electron chi connectivity index (χ2n) is 10.1. The fraction of sp³-hybridized carbons (Fsp3) is 0.520. The Morgan fingerprint density at radius 3 is 2.35 bits per heavy atom. The number of carbonyl (C=O) groups excluding carboxylic acids is 4. The Balaban J connectivity index is 1.73. The van der Waals surface area contributed by atoms with Crippen LogP contribution in [-0.4, -0.2) is 58.3 Å². The lowest BCUT2D eigenvalue weighted by Crippen LogP contribution is -2.52. The molecule has 0 bridgehead atoms. The Hall–Kier alpha value is -4.17. The summed E-state index contributed by atoms with van der Waals surface area (Å²) in [5.41, 5.74) is 0.749. The van der Waals surface area contributed by atoms with Gasteiger partial charge in [0, 0.05) is 11.0 Å². The number of hydrogen-bond donors (Lipinski definition) is 2. The Kier molecular flexibility index (Phi) is 9.37. The van der Waals surface area contributed by atoms with Gasteiger partial charge in [-0.25, -0.2) is 14.6 Å². The summed E-state index contributed by atoms with van der Waals surface area (Å²) in [5, 5.41) is 11.0. The topological polar surface area (TPSA) is 153 Å². The second kappa shape index (κ2) is 12.3. The number of alkyl halides is 3. The molecule has 2 aromatic rings. The first kappa shape index (κ1) is 30.4. The summed E-state index contributed by atoms with van der Waals surface area (Å²) >= 11 is 0. The van der Waals surface area contributed by atoms with Crippen molar-refractivity contribution in [3.05, 3.63) is 35.7 Å². The van der Waals surface area contributed by atoms with Crippen LogP contribution in [0.1, 0.15) is 64.5 Å². The van der Waals surface area contributed by atoms with Gasteiger partial charge in [-0.15, -0.1) is 10.2 Å². The fourth-order valence-electron chi connectivity index (χ4n) is 3.65. The summed E-state index contributed by atoms with van der Waals surface area (Å²) in [4.78, 5) is 49.7. The van der Waals surface area contributed by atoms with Gasteiger partial charge < -0.3 is 19.2 Å². The maximum absolute atomic E-state index is 12.9. The van der Waals surface area contributed by atoms with E-state index >= 15 is 0 Å². The van der Waals surface area contributed by atoms with E-state index in [1.807, 2.05) is 6.92 Å². The van der Waals surface area contributed by atoms with Gasteiger partial charge >= 0.3 is 24.3 Å². The molecule has 1 saturated heterocycles. The molecule has 2 heterocycles. The molecule has 0 spiro atoms. The number of aromatic nitrogens is 2. The second-order valence-corrected chi connectivity index (χ2v) is 10.1. The number of ether oxygens (including phenoxy) is 2. The number of alkyl carbamates (subject to hydrolysis) is 1. The van der Waals surface area contributed by atoms with Gasteiger partial charge in [0.15, 0.2) is 6.10 Å². The monoisotopic (exact) mass is 569 g/mol. The van der Waals surface area contributed by atoms with Gasteiger partial charge in [-0.3, -0.25) is 15.0 Å². The van der Waals surface area contributed by atoms with Crippen LogP contribution in [0.4, 0.5) is 22.8 Å². The molecule has 12 nitrogen and oxygen atoms in total. The molecule has 0 unspecified atom stereocenters. The van der Waals surface area contributed by atoms with Crippen molar-refractivity contribution >= 4 is 23.9 Å². The van der Waals surface area contributed by atoms with Crippen LogP contribution in [0.15, 0.2) is 28.7 Å². The van der Waals surface area contributed by atoms with Gasteiger partial charge in [-0.05, 0) is 30.7 Å². The lowest BCUT2D eigenvalue weighted by atomic mass is 9.89. The summed E-state index contributed by atoms with van der Waals surface area (Å²) in [6, 6.07) is 2.85. The minimum Gasteiger partial charge on any atom is -0.446 e. The van der Waals surface area contributed by atoms with Gasteiger partial charge in [-0.2, -0.15) is 13.2 Å². The molecule has 1 fully saturated rings. The van der Waals surface area contributed by atoms with E-state index in [0.29, 0.717) is 12.8 Å². The summed E-state index contributed by atoms with van der Waals surface area (Å²) in [6.07, 6.45) is -6.19. The van der Waals surface area contributed by atoms with Crippen LogP contribution in [-0.2, 0) is 25.2 Å². The number of hydrazine groups is 1. The molecule has 1 aromatic heterocycles. The highest BCUT2D eigenvalue weighted by atomic mass is 19.4. The summed E-state index contributed by atoms with van der Waals surface area (Å²) in [6.45, 7) is 7.14. The van der Waals surface area contributed by atoms with E-state index in [0.717, 1.165) is 17.1 Å². The zero-order valence-electron chi connectivity index (χ0n) is 22.3. The van der Waals surface area contributed by atoms with E-state index < -0.39 is 53.2 Å². The number of amides is 3. The van der Waals surface area contributed by atoms with E-state index in [-0.39, 0.29) is 36.9 Å². The maximum atomic E-state index is 12.9. The molecule has 0 saturated carbocycles. The highest BCUT2D eigenvalue weighted by Gasteiger charge is 2.37. The van der Waals surface area contributed by atoms with Gasteiger partial charge in [-0.1, -0.05) is 40.5 Å². The average Bonchev–Trinajstić information content (AvgIpc) is 3.52. The molecule has 3 rings (SSSR count). The van der Waals surface area contributed by atoms with Crippen molar-refractivity contribution in [2.45, 2.75) is 65.3 Å². The summed E-state index contributed by atoms with van der Waals surface area (Å²) in [5.74, 6) is -2.31. The summed E-state index contributed by atoms with van der Waals surface area (Å²) < 4.78 is 54.5. The zero-order valence-corrected chi connectivity index (χ0v) is 22.3. The molecule has 3 amide bonds. The Morgan fingerprint density at radius 2 is 1.80 bits per heavy atom. The largest absolute Gasteiger partial charge is 0.446 e. The van der Waals surface area contributed by atoms with E-state index in [9.17, 15) is 32.3 Å². The quantitative estimate of drug-likeness (QED) is 0.401. The Morgan fingerprint density at radius 1 is 1.12 bits per heavy atom. The SMILES string of the molecule is CCCC[C@H](NC(=O)O[C@H](c1nnc(-c2ccc(C(F)(F)F)cc2)o1)C(C)(C)C)C(=O)C(=O)NN1CCOC1=O. The number of benzene rings is 1. The smallest absolute Gasteiger partial charge is 0.428 e. The van der Waals surface area contributed by atoms with Crippen LogP contribution in [0.3, 0.4) is 0 Å². The maximum Gasteiger partial charge on any atom is 0.428 e. The van der Waals surface area contributed by atoms with Crippen molar-refractivity contribution in [2.75, 3.05) is 13.2 Å². The predicted octanol–water partition coefficient (Wildman–Crippen LogP) is 4.18. The van der Waals surface area contributed by atoms with Crippen molar-refractivity contribution in [3.8, 4) is 11.5 Å². The lowest BCUT2D eigenvalue weighted by molar-refractivity contribution is -0.141. The molecule has 1 aliphatic heterocycles. The van der Waals surface area contributed by atoms with E-state index in [1.165, 1.54) is 12.1 Å². The third kappa shape index (κ3) is 7.70. The van der Waals surface area contributed by atoms with Crippen molar-refractivity contribution < 1.29 is 46.2 Å². The first-order valence-electron chi connectivity index (χ1n) is 12.5. The Bertz CT molecular complexity index is 1220. The highest BCUT2D eigenvalue weighted by molar-refractivity contribution is 6.38. The number of halogens is 3. The molecule has 40 heavy (non-hydrogen) atoms. The zero-order chi connectivity index (χ0) is 29.7. The van der Waals surface area contributed by atoms with Crippen LogP contribution in [0.2, 0.25) is 0 Å². The van der Waals surface area contributed by atoms with Crippen molar-refractivity contribution in [2.24, 2.45) is 5.41 Å². The minimum absolute atomic E-state index is 0.0571. The molecule has 0 radical (unpaired) electrons. The molecule has 1 aromatic carbocycles. The number of carbonyl (C=O) groups is 4. The number of rotatable bonds is 10. The number of nitrogens with one attached hydrogen (secondary N) is 2. The number of nitrogens with zero attached hydrogens (tertiary/aromatic N) is 3. The number of ketones is 1. The van der Waals surface area contributed by atoms with Crippen LogP contribution in [0.5, 0.6) is 0 Å². The standard InChI is InChI=1S/C25H30F3N5O7/c1-5-6-7-16(17(34)19(35)32-33-12-13-38-23(33)37)29-22(36)39-18(24(2,3)4)21-31-30-20(40-21)14-8-10-15(11-9-14)25(26,27)28/h8-11,16,18H,5-7,12-13H2,1-4H3,(H,29,36)(H,32,35)/t16-,18+/m0/s1. The Labute approximate surface area is 227 Å². The molecule has 0 aliphatic carbocycles. The van der Waals surface area contributed by atoms with E-state index in [2.05, 4.69) is 20.9 Å². The first-order chi connectivity index (χ1) is 18.7. The molecular weight excluding hydrogens is 539 g/mol. The number of unbranched alkanes of at least 4 members (excludes halogenated alkanes) is 1. The van der Waals surface area contributed by atoms with Gasteiger partial charge in [0.25, 0.3) is 5.89 Å². The first-order valence-corrected chi connectivity index (χ1v) is 12.5. The van der Waals surface area contributed by atoms with Crippen LogP contribution >= 0.6 is 0 Å². The molecule has 1 aliphatic rings. The normalized spacial score (nSPS) is 15.3. The van der Waals surface area contributed by atoms with Gasteiger partial charge in [0.05, 0.1) is 12.1 Å². The minimum atomic E-state index is -4.51. The van der Waals surface area contributed by atoms with Crippen molar-refractivity contribution in [3.63, 3.8) is 0 Å². The third-order valence-corrected chi connectivity index (χ3v) is 5.81. The van der Waals surface area contributed by atoms with E-state index in [4.69, 9.17) is 13.9 Å². The van der Waals surface area contributed by atoms with Crippen LogP contribution < -0.4 is 10.7 Å². The fourth-order valence-corrected chi connectivity index (χ4v) is 3.65. The van der Waals surface area contributed by atoms with Gasteiger partial charge in [0.2, 0.25) is 11.7 Å². The number of Topliss-reactive ketones (excluding diaryl/α,β-unsaturated/α-hetero) is 1. The molecule has 2 N–H and O–H groups in total. The van der Waals surface area contributed by atoms with E-state index in [1.54, 1.807) is 20.8 Å². The number of hydrogen-bond acceptors (Lipinski definition) is 9. The van der Waals surface area contributed by atoms with Crippen LogP contribution in [0, 0.1) is 5.41 Å². The van der Waals surface area contributed by atoms with Crippen molar-refractivity contribution in [1.82, 2.24) is 25.9 Å². The molecule has 218 valence electrons. The molecule has 2 atom stereocenters. The molecule has 15 heteroatoms. The number of cyclic esters (lactones) is 1. The average molecular weight is 570 g/mol. The van der Waals surface area contributed by atoms with Gasteiger partial charge in [0.1, 0.15) is 12.6 Å². The van der Waals surface area contributed by atoms with Crippen molar-refractivity contribution in [1.29, 1.82) is 0 Å². The third-order valence-electron chi connectivity index (χ3n) is 5.81. The highest BCUT2D eigenvalue weighted by Crippen LogP contribution is 2.37. The molecular formula is C25H30F3N5O7. The predicted molar refractivity (Wildman–Crippen MR) is 131 cm³/mol. The summed E-state index contributed by atoms with van der Waals surface area (Å²) in [7, 11) is 0. The lowest BCUT2D eigenvalue weighted by Gasteiger charge is -2.28. The van der Waals surface area contributed by atoms with Crippen LogP contribution in [0.25, 0.3) is 11.5 Å².